The van der Waals surface area contributed by atoms with E-state index < -0.39 is 15.9 Å². The molecular formula is C21H21N3O4S. The number of carbonyl (C=O) groups is 2. The first-order valence-corrected chi connectivity index (χ1v) is 10.8. The van der Waals surface area contributed by atoms with E-state index in [0.717, 1.165) is 12.8 Å². The quantitative estimate of drug-likeness (QED) is 0.819. The lowest BCUT2D eigenvalue weighted by Gasteiger charge is -2.18. The van der Waals surface area contributed by atoms with Gasteiger partial charge in [-0.25, -0.2) is 8.42 Å². The third-order valence-electron chi connectivity index (χ3n) is 5.16. The van der Waals surface area contributed by atoms with Gasteiger partial charge in [-0.3, -0.25) is 14.5 Å². The number of anilines is 1. The molecule has 0 saturated carbocycles. The minimum atomic E-state index is -3.57. The van der Waals surface area contributed by atoms with Crippen molar-refractivity contribution in [1.29, 1.82) is 0 Å². The largest absolute Gasteiger partial charge is 0.324 e. The molecule has 1 N–H and O–H groups in total. The second-order valence-corrected chi connectivity index (χ2v) is 9.01. The Morgan fingerprint density at radius 3 is 2.41 bits per heavy atom. The second-order valence-electron chi connectivity index (χ2n) is 7.07. The zero-order valence-corrected chi connectivity index (χ0v) is 16.6. The predicted octanol–water partition coefficient (Wildman–Crippen LogP) is 2.54. The Hall–Kier alpha value is -2.97. The molecule has 2 heterocycles. The number of fused-ring (bicyclic) bond motifs is 1. The van der Waals surface area contributed by atoms with Gasteiger partial charge in [-0.1, -0.05) is 30.8 Å². The molecule has 1 saturated heterocycles. The van der Waals surface area contributed by atoms with Crippen molar-refractivity contribution in [3.8, 4) is 0 Å². The molecule has 0 spiro atoms. The van der Waals surface area contributed by atoms with Gasteiger partial charge < -0.3 is 5.32 Å². The molecule has 2 aliphatic rings. The number of nitrogens with one attached hydrogen (secondary N) is 1. The van der Waals surface area contributed by atoms with Crippen molar-refractivity contribution in [2.75, 3.05) is 25.0 Å². The number of hydrogen-bond donors (Lipinski definition) is 1. The van der Waals surface area contributed by atoms with Gasteiger partial charge in [-0.05, 0) is 37.1 Å². The maximum absolute atomic E-state index is 12.7. The Kier molecular flexibility index (Phi) is 4.97. The average molecular weight is 411 g/mol. The highest BCUT2D eigenvalue weighted by Crippen LogP contribution is 2.31. The summed E-state index contributed by atoms with van der Waals surface area (Å²) in [7, 11) is -3.57. The Bertz CT molecular complexity index is 1070. The SMILES string of the molecule is C=C1c2ccccc2C(=O)N1CC(=O)Nc1cccc(S(=O)(=O)N2CCCC2)c1. The first-order chi connectivity index (χ1) is 13.9. The van der Waals surface area contributed by atoms with Crippen LogP contribution in [0.1, 0.15) is 28.8 Å². The summed E-state index contributed by atoms with van der Waals surface area (Å²) in [4.78, 5) is 26.5. The summed E-state index contributed by atoms with van der Waals surface area (Å²) < 4.78 is 26.9. The lowest BCUT2D eigenvalue weighted by atomic mass is 10.1. The zero-order chi connectivity index (χ0) is 20.6. The molecular weight excluding hydrogens is 390 g/mol. The van der Waals surface area contributed by atoms with E-state index in [1.165, 1.54) is 21.3 Å². The van der Waals surface area contributed by atoms with Gasteiger partial charge in [0.1, 0.15) is 6.54 Å². The van der Waals surface area contributed by atoms with Crippen molar-refractivity contribution in [2.24, 2.45) is 0 Å². The normalized spacial score (nSPS) is 16.9. The molecule has 0 unspecified atom stereocenters. The molecule has 2 aromatic carbocycles. The Balaban J connectivity index is 1.47. The fourth-order valence-corrected chi connectivity index (χ4v) is 5.22. The summed E-state index contributed by atoms with van der Waals surface area (Å²) in [6.45, 7) is 4.74. The van der Waals surface area contributed by atoms with Crippen molar-refractivity contribution < 1.29 is 18.0 Å². The van der Waals surface area contributed by atoms with Gasteiger partial charge in [0.25, 0.3) is 5.91 Å². The van der Waals surface area contributed by atoms with E-state index in [1.54, 1.807) is 30.3 Å². The smallest absolute Gasteiger partial charge is 0.259 e. The van der Waals surface area contributed by atoms with Gasteiger partial charge in [-0.2, -0.15) is 4.31 Å². The van der Waals surface area contributed by atoms with Crippen LogP contribution in [0, 0.1) is 0 Å². The topological polar surface area (TPSA) is 86.8 Å². The van der Waals surface area contributed by atoms with Crippen molar-refractivity contribution >= 4 is 33.2 Å². The molecule has 0 radical (unpaired) electrons. The summed E-state index contributed by atoms with van der Waals surface area (Å²) >= 11 is 0. The molecule has 2 aliphatic heterocycles. The number of amides is 2. The van der Waals surface area contributed by atoms with Crippen LogP contribution < -0.4 is 5.32 Å². The van der Waals surface area contributed by atoms with Crippen LogP contribution in [-0.4, -0.2) is 49.1 Å². The Morgan fingerprint density at radius 1 is 1.03 bits per heavy atom. The molecule has 4 rings (SSSR count). The molecule has 8 heteroatoms. The summed E-state index contributed by atoms with van der Waals surface area (Å²) in [5, 5.41) is 2.68. The summed E-state index contributed by atoms with van der Waals surface area (Å²) in [6, 6.07) is 13.2. The van der Waals surface area contributed by atoms with Crippen molar-refractivity contribution in [3.05, 3.63) is 66.2 Å². The van der Waals surface area contributed by atoms with Crippen molar-refractivity contribution in [1.82, 2.24) is 9.21 Å². The molecule has 29 heavy (non-hydrogen) atoms. The van der Waals surface area contributed by atoms with E-state index in [2.05, 4.69) is 11.9 Å². The highest BCUT2D eigenvalue weighted by Gasteiger charge is 2.32. The second kappa shape index (κ2) is 7.46. The lowest BCUT2D eigenvalue weighted by molar-refractivity contribution is -0.116. The Morgan fingerprint density at radius 2 is 1.72 bits per heavy atom. The van der Waals surface area contributed by atoms with Crippen LogP contribution in [0.25, 0.3) is 5.70 Å². The third kappa shape index (κ3) is 3.56. The number of hydrogen-bond acceptors (Lipinski definition) is 4. The van der Waals surface area contributed by atoms with Gasteiger partial charge in [-0.15, -0.1) is 0 Å². The van der Waals surface area contributed by atoms with Gasteiger partial charge in [0.2, 0.25) is 15.9 Å². The fourth-order valence-electron chi connectivity index (χ4n) is 3.66. The summed E-state index contributed by atoms with van der Waals surface area (Å²) in [5.74, 6) is -0.700. The van der Waals surface area contributed by atoms with E-state index in [-0.39, 0.29) is 17.3 Å². The number of rotatable bonds is 5. The van der Waals surface area contributed by atoms with Crippen LogP contribution in [0.4, 0.5) is 5.69 Å². The highest BCUT2D eigenvalue weighted by atomic mass is 32.2. The lowest BCUT2D eigenvalue weighted by Crippen LogP contribution is -2.32. The van der Waals surface area contributed by atoms with Gasteiger partial charge in [0, 0.05) is 35.6 Å². The standard InChI is InChI=1S/C21H21N3O4S/c1-15-18-9-2-3-10-19(18)21(26)24(15)14-20(25)22-16-7-6-8-17(13-16)29(27,28)23-11-4-5-12-23/h2-3,6-10,13H,1,4-5,11-12,14H2,(H,22,25). The average Bonchev–Trinajstić information content (AvgIpc) is 3.33. The van der Waals surface area contributed by atoms with Gasteiger partial charge >= 0.3 is 0 Å². The monoisotopic (exact) mass is 411 g/mol. The number of nitrogens with zero attached hydrogens (tertiary/aromatic N) is 2. The minimum absolute atomic E-state index is 0.145. The van der Waals surface area contributed by atoms with Crippen LogP contribution >= 0.6 is 0 Å². The van der Waals surface area contributed by atoms with E-state index in [9.17, 15) is 18.0 Å². The summed E-state index contributed by atoms with van der Waals surface area (Å²) in [5.41, 5.74) is 2.07. The predicted molar refractivity (Wildman–Crippen MR) is 110 cm³/mol. The fraction of sp³-hybridized carbons (Fsp3) is 0.238. The highest BCUT2D eigenvalue weighted by molar-refractivity contribution is 7.89. The van der Waals surface area contributed by atoms with E-state index in [4.69, 9.17) is 0 Å². The molecule has 0 aliphatic carbocycles. The zero-order valence-electron chi connectivity index (χ0n) is 15.8. The maximum atomic E-state index is 12.7. The van der Waals surface area contributed by atoms with E-state index in [0.29, 0.717) is 35.6 Å². The molecule has 2 aromatic rings. The van der Waals surface area contributed by atoms with Gasteiger partial charge in [0.05, 0.1) is 4.90 Å². The van der Waals surface area contributed by atoms with E-state index in [1.807, 2.05) is 6.07 Å². The molecule has 2 amide bonds. The van der Waals surface area contributed by atoms with Crippen LogP contribution in [-0.2, 0) is 14.8 Å². The van der Waals surface area contributed by atoms with Gasteiger partial charge in [0.15, 0.2) is 0 Å². The first-order valence-electron chi connectivity index (χ1n) is 9.38. The molecule has 0 aromatic heterocycles. The first kappa shape index (κ1) is 19.4. The number of benzene rings is 2. The number of sulfonamides is 1. The molecule has 0 bridgehead atoms. The Labute approximate surface area is 169 Å². The van der Waals surface area contributed by atoms with Crippen LogP contribution in [0.2, 0.25) is 0 Å². The van der Waals surface area contributed by atoms with E-state index >= 15 is 0 Å². The van der Waals surface area contributed by atoms with Crippen LogP contribution in [0.15, 0.2) is 60.0 Å². The molecule has 1 fully saturated rings. The van der Waals surface area contributed by atoms with Crippen molar-refractivity contribution in [2.45, 2.75) is 17.7 Å². The minimum Gasteiger partial charge on any atom is -0.324 e. The maximum Gasteiger partial charge on any atom is 0.259 e. The van der Waals surface area contributed by atoms with Crippen molar-refractivity contribution in [3.63, 3.8) is 0 Å². The summed E-state index contributed by atoms with van der Waals surface area (Å²) in [6.07, 6.45) is 1.71. The number of carbonyl (C=O) groups excluding carboxylic acids is 2. The molecule has 150 valence electrons. The molecule has 7 nitrogen and oxygen atoms in total. The molecule has 0 atom stereocenters. The third-order valence-corrected chi connectivity index (χ3v) is 7.06. The van der Waals surface area contributed by atoms with Crippen LogP contribution in [0.3, 0.4) is 0 Å². The van der Waals surface area contributed by atoms with Crippen LogP contribution in [0.5, 0.6) is 0 Å².